The lowest BCUT2D eigenvalue weighted by molar-refractivity contribution is 0.00969. The number of carbonyl (C=O) groups excluding carboxylic acids is 1. The molecular weight excluding hydrogens is 254 g/mol. The van der Waals surface area contributed by atoms with Gasteiger partial charge in [-0.05, 0) is 25.1 Å². The Bertz CT molecular complexity index is 471. The Morgan fingerprint density at radius 1 is 1.35 bits per heavy atom. The van der Waals surface area contributed by atoms with Crippen LogP contribution in [0.4, 0.5) is 0 Å². The van der Waals surface area contributed by atoms with Crippen molar-refractivity contribution in [3.8, 4) is 0 Å². The van der Waals surface area contributed by atoms with Crippen LogP contribution in [0.5, 0.6) is 0 Å². The van der Waals surface area contributed by atoms with E-state index in [2.05, 4.69) is 9.88 Å². The van der Waals surface area contributed by atoms with E-state index in [1.54, 1.807) is 31.6 Å². The van der Waals surface area contributed by atoms with Crippen molar-refractivity contribution in [3.05, 3.63) is 30.1 Å². The summed E-state index contributed by atoms with van der Waals surface area (Å²) in [5, 5.41) is 0. The molecule has 0 bridgehead atoms. The molecule has 1 aromatic heterocycles. The summed E-state index contributed by atoms with van der Waals surface area (Å²) in [5.74, 6) is 0.133. The van der Waals surface area contributed by atoms with Crippen LogP contribution in [0.25, 0.3) is 0 Å². The summed E-state index contributed by atoms with van der Waals surface area (Å²) < 4.78 is 5.13. The number of amides is 1. The molecule has 0 aromatic carbocycles. The van der Waals surface area contributed by atoms with Gasteiger partial charge < -0.3 is 14.5 Å². The molecule has 0 N–H and O–H groups in total. The summed E-state index contributed by atoms with van der Waals surface area (Å²) >= 11 is 0. The third-order valence-corrected chi connectivity index (χ3v) is 4.40. The zero-order valence-electron chi connectivity index (χ0n) is 11.9. The van der Waals surface area contributed by atoms with Crippen molar-refractivity contribution in [1.82, 2.24) is 14.8 Å². The van der Waals surface area contributed by atoms with Gasteiger partial charge in [-0.3, -0.25) is 9.78 Å². The van der Waals surface area contributed by atoms with Gasteiger partial charge in [-0.1, -0.05) is 0 Å². The largest absolute Gasteiger partial charge is 0.383 e. The predicted molar refractivity (Wildman–Crippen MR) is 75.5 cm³/mol. The van der Waals surface area contributed by atoms with E-state index < -0.39 is 0 Å². The van der Waals surface area contributed by atoms with Gasteiger partial charge in [0.05, 0.1) is 6.61 Å². The number of carbonyl (C=O) groups is 1. The molecule has 0 unspecified atom stereocenters. The SMILES string of the molecule is COCCN1CCC2(C1)CN(C(=O)c1ccncc1)C2. The van der Waals surface area contributed by atoms with Gasteiger partial charge in [-0.25, -0.2) is 0 Å². The van der Waals surface area contributed by atoms with Gasteiger partial charge in [0, 0.05) is 56.7 Å². The summed E-state index contributed by atoms with van der Waals surface area (Å²) in [6.07, 6.45) is 4.53. The lowest BCUT2D eigenvalue weighted by Gasteiger charge is -2.48. The molecule has 1 aromatic rings. The molecule has 20 heavy (non-hydrogen) atoms. The van der Waals surface area contributed by atoms with E-state index in [0.717, 1.165) is 44.9 Å². The van der Waals surface area contributed by atoms with Crippen molar-refractivity contribution in [2.24, 2.45) is 5.41 Å². The first-order chi connectivity index (χ1) is 9.72. The lowest BCUT2D eigenvalue weighted by Crippen LogP contribution is -2.59. The van der Waals surface area contributed by atoms with Crippen LogP contribution in [0.2, 0.25) is 0 Å². The van der Waals surface area contributed by atoms with Gasteiger partial charge in [0.15, 0.2) is 0 Å². The highest BCUT2D eigenvalue weighted by atomic mass is 16.5. The molecule has 108 valence electrons. The van der Waals surface area contributed by atoms with Crippen molar-refractivity contribution in [2.75, 3.05) is 46.4 Å². The summed E-state index contributed by atoms with van der Waals surface area (Å²) in [6.45, 7) is 5.78. The molecule has 2 fully saturated rings. The first-order valence-electron chi connectivity index (χ1n) is 7.13. The molecular formula is C15H21N3O2. The Kier molecular flexibility index (Phi) is 3.72. The fourth-order valence-electron chi connectivity index (χ4n) is 3.28. The normalized spacial score (nSPS) is 21.1. The third-order valence-electron chi connectivity index (χ3n) is 4.40. The number of likely N-dealkylation sites (tertiary alicyclic amines) is 2. The highest BCUT2D eigenvalue weighted by Crippen LogP contribution is 2.39. The van der Waals surface area contributed by atoms with Gasteiger partial charge in [0.1, 0.15) is 0 Å². The number of ether oxygens (including phenoxy) is 1. The zero-order chi connectivity index (χ0) is 14.0. The molecule has 2 saturated heterocycles. The van der Waals surface area contributed by atoms with E-state index in [-0.39, 0.29) is 5.91 Å². The van der Waals surface area contributed by atoms with Gasteiger partial charge in [0.2, 0.25) is 0 Å². The molecule has 5 nitrogen and oxygen atoms in total. The van der Waals surface area contributed by atoms with Crippen molar-refractivity contribution in [3.63, 3.8) is 0 Å². The molecule has 2 aliphatic heterocycles. The minimum Gasteiger partial charge on any atom is -0.383 e. The van der Waals surface area contributed by atoms with Gasteiger partial charge in [-0.15, -0.1) is 0 Å². The van der Waals surface area contributed by atoms with Crippen LogP contribution in [0, 0.1) is 5.41 Å². The van der Waals surface area contributed by atoms with Crippen LogP contribution in [-0.2, 0) is 4.74 Å². The summed E-state index contributed by atoms with van der Waals surface area (Å²) in [5.41, 5.74) is 1.07. The number of hydrogen-bond acceptors (Lipinski definition) is 4. The van der Waals surface area contributed by atoms with Crippen molar-refractivity contribution in [2.45, 2.75) is 6.42 Å². The first kappa shape index (κ1) is 13.5. The van der Waals surface area contributed by atoms with Crippen LogP contribution in [0.3, 0.4) is 0 Å². The molecule has 1 amide bonds. The van der Waals surface area contributed by atoms with E-state index in [1.807, 2.05) is 4.90 Å². The molecule has 5 heteroatoms. The Morgan fingerprint density at radius 3 is 2.80 bits per heavy atom. The summed E-state index contributed by atoms with van der Waals surface area (Å²) in [7, 11) is 1.74. The average molecular weight is 275 g/mol. The fraction of sp³-hybridized carbons (Fsp3) is 0.600. The number of nitrogens with zero attached hydrogens (tertiary/aromatic N) is 3. The molecule has 3 rings (SSSR count). The molecule has 0 atom stereocenters. The van der Waals surface area contributed by atoms with Crippen LogP contribution in [0.1, 0.15) is 16.8 Å². The van der Waals surface area contributed by atoms with E-state index in [1.165, 1.54) is 6.42 Å². The topological polar surface area (TPSA) is 45.7 Å². The van der Waals surface area contributed by atoms with E-state index in [9.17, 15) is 4.79 Å². The Balaban J connectivity index is 1.53. The highest BCUT2D eigenvalue weighted by Gasteiger charge is 2.49. The number of pyridine rings is 1. The van der Waals surface area contributed by atoms with E-state index in [0.29, 0.717) is 5.41 Å². The van der Waals surface area contributed by atoms with Crippen LogP contribution >= 0.6 is 0 Å². The van der Waals surface area contributed by atoms with Crippen molar-refractivity contribution >= 4 is 5.91 Å². The predicted octanol–water partition coefficient (Wildman–Crippen LogP) is 0.876. The number of rotatable bonds is 4. The molecule has 0 radical (unpaired) electrons. The smallest absolute Gasteiger partial charge is 0.254 e. The quantitative estimate of drug-likeness (QED) is 0.818. The maximum atomic E-state index is 12.3. The molecule has 0 saturated carbocycles. The minimum atomic E-state index is 0.133. The standard InChI is InChI=1S/C15H21N3O2/c1-20-9-8-17-7-4-15(10-17)11-18(12-15)14(19)13-2-5-16-6-3-13/h2-3,5-6H,4,7-12H2,1H3. The molecule has 0 aliphatic carbocycles. The fourth-order valence-corrected chi connectivity index (χ4v) is 3.28. The first-order valence-corrected chi connectivity index (χ1v) is 7.13. The number of aromatic nitrogens is 1. The summed E-state index contributed by atoms with van der Waals surface area (Å²) in [4.78, 5) is 20.6. The summed E-state index contributed by atoms with van der Waals surface area (Å²) in [6, 6.07) is 3.57. The maximum Gasteiger partial charge on any atom is 0.254 e. The van der Waals surface area contributed by atoms with Crippen molar-refractivity contribution < 1.29 is 9.53 Å². The van der Waals surface area contributed by atoms with Crippen molar-refractivity contribution in [1.29, 1.82) is 0 Å². The van der Waals surface area contributed by atoms with E-state index >= 15 is 0 Å². The Morgan fingerprint density at radius 2 is 2.10 bits per heavy atom. The molecule has 1 spiro atoms. The second-order valence-corrected chi connectivity index (χ2v) is 5.92. The minimum absolute atomic E-state index is 0.133. The molecule has 2 aliphatic rings. The second-order valence-electron chi connectivity index (χ2n) is 5.92. The van der Waals surface area contributed by atoms with Gasteiger partial charge in [0.25, 0.3) is 5.91 Å². The third kappa shape index (κ3) is 2.55. The highest BCUT2D eigenvalue weighted by molar-refractivity contribution is 5.94. The van der Waals surface area contributed by atoms with E-state index in [4.69, 9.17) is 4.74 Å². The Hall–Kier alpha value is -1.46. The monoisotopic (exact) mass is 275 g/mol. The zero-order valence-corrected chi connectivity index (χ0v) is 11.9. The second kappa shape index (κ2) is 5.50. The Labute approximate surface area is 119 Å². The average Bonchev–Trinajstić information content (AvgIpc) is 2.88. The van der Waals surface area contributed by atoms with Gasteiger partial charge in [-0.2, -0.15) is 0 Å². The molecule has 3 heterocycles. The number of methoxy groups -OCH3 is 1. The van der Waals surface area contributed by atoms with Gasteiger partial charge >= 0.3 is 0 Å². The van der Waals surface area contributed by atoms with Crippen LogP contribution < -0.4 is 0 Å². The maximum absolute atomic E-state index is 12.3. The van der Waals surface area contributed by atoms with Crippen LogP contribution in [0.15, 0.2) is 24.5 Å². The number of hydrogen-bond donors (Lipinski definition) is 0. The van der Waals surface area contributed by atoms with Crippen LogP contribution in [-0.4, -0.2) is 67.1 Å². The lowest BCUT2D eigenvalue weighted by atomic mass is 9.79.